The summed E-state index contributed by atoms with van der Waals surface area (Å²) < 4.78 is 24.1. The van der Waals surface area contributed by atoms with Crippen LogP contribution in [0.2, 0.25) is 0 Å². The second-order valence-corrected chi connectivity index (χ2v) is 9.14. The van der Waals surface area contributed by atoms with E-state index in [4.69, 9.17) is 18.9 Å². The lowest BCUT2D eigenvalue weighted by Gasteiger charge is -2.59. The fourth-order valence-corrected chi connectivity index (χ4v) is 6.18. The molecule has 5 aliphatic rings. The normalized spacial score (nSPS) is 40.5. The summed E-state index contributed by atoms with van der Waals surface area (Å²) in [6.45, 7) is 14.5. The fourth-order valence-electron chi connectivity index (χ4n) is 6.18. The number of carbonyl (C=O) groups excluding carboxylic acids is 2. The molecule has 154 valence electrons. The van der Waals surface area contributed by atoms with Crippen molar-refractivity contribution in [3.63, 3.8) is 0 Å². The summed E-state index contributed by atoms with van der Waals surface area (Å²) in [6.07, 6.45) is 3.91. The Labute approximate surface area is 166 Å². The molecule has 5 atom stereocenters. The Bertz CT molecular complexity index is 761. The second-order valence-electron chi connectivity index (χ2n) is 9.14. The monoisotopic (exact) mass is 390 g/mol. The van der Waals surface area contributed by atoms with E-state index in [9.17, 15) is 9.59 Å². The number of cyclic esters (lactones) is 1. The van der Waals surface area contributed by atoms with Crippen molar-refractivity contribution in [3.8, 4) is 0 Å². The molecule has 1 spiro atoms. The summed E-state index contributed by atoms with van der Waals surface area (Å²) in [4.78, 5) is 27.0. The average Bonchev–Trinajstić information content (AvgIpc) is 2.94. The average molecular weight is 390 g/mol. The third-order valence-electron chi connectivity index (χ3n) is 7.36. The molecule has 1 saturated carbocycles. The van der Waals surface area contributed by atoms with Crippen molar-refractivity contribution in [3.05, 3.63) is 24.5 Å². The van der Waals surface area contributed by atoms with Crippen molar-refractivity contribution in [1.29, 1.82) is 0 Å². The zero-order chi connectivity index (χ0) is 20.5. The van der Waals surface area contributed by atoms with Gasteiger partial charge in [0.15, 0.2) is 0 Å². The number of fused-ring (bicyclic) bond motifs is 1. The second kappa shape index (κ2) is 5.92. The van der Waals surface area contributed by atoms with Gasteiger partial charge in [-0.15, -0.1) is 6.58 Å². The molecule has 2 saturated heterocycles. The Morgan fingerprint density at radius 2 is 1.93 bits per heavy atom. The van der Waals surface area contributed by atoms with Crippen molar-refractivity contribution in [1.82, 2.24) is 0 Å². The first-order chi connectivity index (χ1) is 13.2. The molecule has 0 aromatic heterocycles. The Hall–Kier alpha value is -1.66. The van der Waals surface area contributed by atoms with Gasteiger partial charge in [0.05, 0.1) is 11.3 Å². The van der Waals surface area contributed by atoms with Crippen molar-refractivity contribution >= 4 is 11.8 Å². The van der Waals surface area contributed by atoms with Crippen LogP contribution < -0.4 is 0 Å². The molecule has 0 unspecified atom stereocenters. The number of carbonyl (C=O) groups is 2. The first-order valence-electron chi connectivity index (χ1n) is 10.2. The maximum atomic E-state index is 14.2. The standard InChI is InChI=1S/C22H30O6/c1-7-19(4,5)18-20(6)12-25-16(23)14-10-13-11-15(28-18)21(14,20)17(24)22(13,26-8-2)27-9-3/h7,11,13-14,18H,1,8-10,12H2,2-6H3/t13-,14+,18-,20+,21-/m0/s1. The molecule has 0 N–H and O–H groups in total. The van der Waals surface area contributed by atoms with Gasteiger partial charge in [-0.25, -0.2) is 0 Å². The lowest BCUT2D eigenvalue weighted by atomic mass is 9.44. The highest BCUT2D eigenvalue weighted by Gasteiger charge is 2.82. The summed E-state index contributed by atoms with van der Waals surface area (Å²) in [7, 11) is 0. The fraction of sp³-hybridized carbons (Fsp3) is 0.727. The minimum absolute atomic E-state index is 0.117. The summed E-state index contributed by atoms with van der Waals surface area (Å²) in [5.41, 5.74) is -2.29. The smallest absolute Gasteiger partial charge is 0.310 e. The number of ether oxygens (including phenoxy) is 4. The quantitative estimate of drug-likeness (QED) is 0.394. The van der Waals surface area contributed by atoms with Crippen LogP contribution in [0.4, 0.5) is 0 Å². The van der Waals surface area contributed by atoms with E-state index in [-0.39, 0.29) is 30.4 Å². The first-order valence-corrected chi connectivity index (χ1v) is 10.2. The SMILES string of the molecule is C=CC(C)(C)[C@@H]1OC2=C[C@@H]3C[C@@H]4C(=O)OC[C@@]1(C)[C@]24C(=O)C3(OCC)OCC. The van der Waals surface area contributed by atoms with Gasteiger partial charge >= 0.3 is 5.97 Å². The highest BCUT2D eigenvalue weighted by molar-refractivity contribution is 6.02. The molecular weight excluding hydrogens is 360 g/mol. The Morgan fingerprint density at radius 3 is 2.50 bits per heavy atom. The zero-order valence-corrected chi connectivity index (χ0v) is 17.4. The van der Waals surface area contributed by atoms with Crippen molar-refractivity contribution < 1.29 is 28.5 Å². The molecule has 6 nitrogen and oxygen atoms in total. The van der Waals surface area contributed by atoms with Crippen LogP contribution in [0.1, 0.15) is 41.0 Å². The lowest BCUT2D eigenvalue weighted by molar-refractivity contribution is -0.278. The summed E-state index contributed by atoms with van der Waals surface area (Å²) in [5.74, 6) is -2.27. The Morgan fingerprint density at radius 1 is 1.29 bits per heavy atom. The first kappa shape index (κ1) is 19.6. The van der Waals surface area contributed by atoms with Crippen molar-refractivity contribution in [2.45, 2.75) is 52.9 Å². The largest absolute Gasteiger partial charge is 0.492 e. The van der Waals surface area contributed by atoms with E-state index in [1.54, 1.807) is 0 Å². The van der Waals surface area contributed by atoms with Crippen LogP contribution in [0.5, 0.6) is 0 Å². The number of esters is 1. The zero-order valence-electron chi connectivity index (χ0n) is 17.4. The van der Waals surface area contributed by atoms with E-state index in [2.05, 4.69) is 6.58 Å². The van der Waals surface area contributed by atoms with Crippen LogP contribution >= 0.6 is 0 Å². The Balaban J connectivity index is 1.97. The summed E-state index contributed by atoms with van der Waals surface area (Å²) >= 11 is 0. The third-order valence-corrected chi connectivity index (χ3v) is 7.36. The minimum atomic E-state index is -1.38. The molecule has 0 aromatic rings. The van der Waals surface area contributed by atoms with E-state index >= 15 is 0 Å². The molecule has 3 fully saturated rings. The third kappa shape index (κ3) is 1.96. The van der Waals surface area contributed by atoms with Gasteiger partial charge in [0, 0.05) is 24.5 Å². The molecule has 5 rings (SSSR count). The minimum Gasteiger partial charge on any atom is -0.492 e. The van der Waals surface area contributed by atoms with Crippen LogP contribution in [0, 0.1) is 28.1 Å². The molecule has 6 heteroatoms. The van der Waals surface area contributed by atoms with Gasteiger partial charge in [0.2, 0.25) is 11.6 Å². The molecule has 0 amide bonds. The predicted octanol–water partition coefficient (Wildman–Crippen LogP) is 3.02. The van der Waals surface area contributed by atoms with Crippen molar-refractivity contribution in [2.24, 2.45) is 28.1 Å². The lowest BCUT2D eigenvalue weighted by Crippen LogP contribution is -2.73. The van der Waals surface area contributed by atoms with E-state index < -0.39 is 27.9 Å². The van der Waals surface area contributed by atoms with Crippen LogP contribution in [0.15, 0.2) is 24.5 Å². The van der Waals surface area contributed by atoms with Gasteiger partial charge < -0.3 is 18.9 Å². The van der Waals surface area contributed by atoms with Gasteiger partial charge in [-0.3, -0.25) is 9.59 Å². The summed E-state index contributed by atoms with van der Waals surface area (Å²) in [5, 5.41) is 0. The maximum Gasteiger partial charge on any atom is 0.310 e. The summed E-state index contributed by atoms with van der Waals surface area (Å²) in [6, 6.07) is 0. The Kier molecular flexibility index (Phi) is 4.16. The van der Waals surface area contributed by atoms with E-state index in [1.807, 2.05) is 46.8 Å². The topological polar surface area (TPSA) is 71.1 Å². The van der Waals surface area contributed by atoms with Gasteiger partial charge in [-0.05, 0) is 26.3 Å². The highest BCUT2D eigenvalue weighted by Crippen LogP contribution is 2.72. The molecule has 0 radical (unpaired) electrons. The van der Waals surface area contributed by atoms with Crippen LogP contribution in [0.25, 0.3) is 0 Å². The van der Waals surface area contributed by atoms with E-state index in [0.29, 0.717) is 25.4 Å². The number of ketones is 1. The molecule has 2 heterocycles. The molecule has 2 bridgehead atoms. The van der Waals surface area contributed by atoms with Crippen LogP contribution in [-0.4, -0.2) is 43.5 Å². The number of hydrogen-bond acceptors (Lipinski definition) is 6. The predicted molar refractivity (Wildman–Crippen MR) is 101 cm³/mol. The highest BCUT2D eigenvalue weighted by atomic mass is 16.7. The molecule has 3 aliphatic carbocycles. The van der Waals surface area contributed by atoms with Gasteiger partial charge in [-0.1, -0.05) is 26.8 Å². The van der Waals surface area contributed by atoms with Gasteiger partial charge in [-0.2, -0.15) is 0 Å². The molecule has 0 aromatic carbocycles. The van der Waals surface area contributed by atoms with E-state index in [0.717, 1.165) is 0 Å². The maximum absolute atomic E-state index is 14.2. The molecule has 28 heavy (non-hydrogen) atoms. The van der Waals surface area contributed by atoms with Crippen molar-refractivity contribution in [2.75, 3.05) is 19.8 Å². The molecule has 2 aliphatic heterocycles. The number of Topliss-reactive ketones (excluding diaryl/α,β-unsaturated/α-hetero) is 1. The van der Waals surface area contributed by atoms with Crippen LogP contribution in [0.3, 0.4) is 0 Å². The van der Waals surface area contributed by atoms with Crippen LogP contribution in [-0.2, 0) is 28.5 Å². The number of hydrogen-bond donors (Lipinski definition) is 0. The van der Waals surface area contributed by atoms with E-state index in [1.165, 1.54) is 0 Å². The van der Waals surface area contributed by atoms with Gasteiger partial charge in [0.1, 0.15) is 23.9 Å². The number of allylic oxidation sites excluding steroid dienone is 1. The van der Waals surface area contributed by atoms with Gasteiger partial charge in [0.25, 0.3) is 0 Å². The number of rotatable bonds is 6. The molecular formula is C22H30O6.